The number of carboxylic acids is 1. The van der Waals surface area contributed by atoms with Crippen LogP contribution in [-0.2, 0) is 27.3 Å². The number of aromatic nitrogens is 12. The Balaban J connectivity index is 0.000000185. The number of aromatic carboxylic acids is 1. The molecule has 0 saturated heterocycles. The number of nitrogens with one attached hydrogen (secondary N) is 2. The van der Waals surface area contributed by atoms with Crippen molar-refractivity contribution >= 4 is 40.2 Å². The molecule has 3 N–H and O–H groups in total. The SMILES string of the molecule is CCOc1nc2cccc(C(=O)O)c2n1Cc1ccc(-c2ccccc2-c2nn[nH]n2)cc1.CCOc1nc2cccc(C(=O)OC(C)OC(=O)OC3CCCCC3)c2n1Cc1ccc(-c2ccccc2-c2nn[nH]n2)cc1. The minimum atomic E-state index is -1.14. The summed E-state index contributed by atoms with van der Waals surface area (Å²) in [5.41, 5.74) is 10.3. The van der Waals surface area contributed by atoms with Crippen molar-refractivity contribution in [2.24, 2.45) is 0 Å². The van der Waals surface area contributed by atoms with E-state index in [1.807, 2.05) is 126 Å². The zero-order valence-electron chi connectivity index (χ0n) is 42.9. The van der Waals surface area contributed by atoms with Gasteiger partial charge in [-0.15, -0.1) is 20.4 Å². The maximum absolute atomic E-state index is 13.4. The van der Waals surface area contributed by atoms with Crippen LogP contribution in [0.15, 0.2) is 133 Å². The summed E-state index contributed by atoms with van der Waals surface area (Å²) in [5, 5.41) is 38.5. The molecule has 10 aromatic rings. The van der Waals surface area contributed by atoms with Gasteiger partial charge in [-0.2, -0.15) is 20.4 Å². The third kappa shape index (κ3) is 11.5. The zero-order valence-corrected chi connectivity index (χ0v) is 42.9. The average Bonchev–Trinajstić information content (AvgIpc) is 4.38. The van der Waals surface area contributed by atoms with Crippen LogP contribution >= 0.6 is 0 Å². The highest BCUT2D eigenvalue weighted by atomic mass is 16.8. The van der Waals surface area contributed by atoms with Crippen molar-refractivity contribution in [2.45, 2.75) is 78.4 Å². The Kier molecular flexibility index (Phi) is 15.8. The van der Waals surface area contributed by atoms with E-state index in [0.717, 1.165) is 76.6 Å². The summed E-state index contributed by atoms with van der Waals surface area (Å²) in [4.78, 5) is 46.7. The Bertz CT molecular complexity index is 3670. The number of esters is 1. The predicted octanol–water partition coefficient (Wildman–Crippen LogP) is 10.3. The second-order valence-electron chi connectivity index (χ2n) is 18.2. The van der Waals surface area contributed by atoms with Gasteiger partial charge in [-0.25, -0.2) is 14.4 Å². The zero-order chi connectivity index (χ0) is 54.0. The van der Waals surface area contributed by atoms with E-state index in [2.05, 4.69) is 51.2 Å². The Hall–Kier alpha value is -9.79. The molecule has 0 bridgehead atoms. The smallest absolute Gasteiger partial charge is 0.478 e. The summed E-state index contributed by atoms with van der Waals surface area (Å²) < 4.78 is 31.4. The highest BCUT2D eigenvalue weighted by molar-refractivity contribution is 6.03. The van der Waals surface area contributed by atoms with Gasteiger partial charge in [0.15, 0.2) is 0 Å². The van der Waals surface area contributed by atoms with Crippen molar-refractivity contribution < 1.29 is 43.2 Å². The molecule has 0 aliphatic heterocycles. The monoisotopic (exact) mass is 1050 g/mol. The van der Waals surface area contributed by atoms with Crippen LogP contribution in [0.3, 0.4) is 0 Å². The Labute approximate surface area is 446 Å². The molecule has 0 radical (unpaired) electrons. The van der Waals surface area contributed by atoms with Crippen LogP contribution in [0.4, 0.5) is 4.79 Å². The van der Waals surface area contributed by atoms with Gasteiger partial charge >= 0.3 is 18.1 Å². The standard InChI is InChI=1S/C33H34N6O6.C24H20N6O3/c1-3-42-32-34-28-15-9-14-27(31(40)43-21(2)44-33(41)45-24-10-5-4-6-11-24)29(28)39(32)20-22-16-18-23(19-17-22)25-12-7-8-13-26(25)30-35-37-38-36-30;1-2-33-24-25-20-9-5-8-19(23(31)32)21(20)30(24)14-15-10-12-16(13-11-15)17-6-3-4-7-18(17)22-26-28-29-27-22/h7-9,12-19,21,24H,3-6,10-11,20H2,1-2H3,(H,35,36,37,38);3-13H,2,14H2,1H3,(H,31,32)(H,26,27,28,29). The number of para-hydroxylation sites is 2. The van der Waals surface area contributed by atoms with Crippen LogP contribution in [-0.4, -0.2) is 109 Å². The van der Waals surface area contributed by atoms with E-state index in [-0.39, 0.29) is 17.2 Å². The fourth-order valence-electron chi connectivity index (χ4n) is 9.51. The van der Waals surface area contributed by atoms with Crippen LogP contribution < -0.4 is 9.47 Å². The fraction of sp³-hybridized carbons (Fsp3) is 0.246. The van der Waals surface area contributed by atoms with Gasteiger partial charge in [0.25, 0.3) is 12.0 Å². The normalized spacial score (nSPS) is 12.9. The van der Waals surface area contributed by atoms with Gasteiger partial charge in [-0.1, -0.05) is 116 Å². The Morgan fingerprint density at radius 2 is 1.06 bits per heavy atom. The first-order valence-electron chi connectivity index (χ1n) is 25.6. The van der Waals surface area contributed by atoms with E-state index >= 15 is 0 Å². The van der Waals surface area contributed by atoms with Gasteiger partial charge in [0.2, 0.25) is 17.9 Å². The number of carboxylic acid groups (broad SMARTS) is 1. The molecule has 78 heavy (non-hydrogen) atoms. The molecule has 6 aromatic carbocycles. The second kappa shape index (κ2) is 23.8. The molecule has 1 saturated carbocycles. The molecule has 1 unspecified atom stereocenters. The average molecular weight is 1050 g/mol. The number of nitrogens with zero attached hydrogens (tertiary/aromatic N) is 10. The summed E-state index contributed by atoms with van der Waals surface area (Å²) in [5.74, 6) is -0.613. The molecule has 21 heteroatoms. The number of ether oxygens (including phenoxy) is 5. The quantitative estimate of drug-likeness (QED) is 0.0565. The van der Waals surface area contributed by atoms with Crippen molar-refractivity contribution in [3.63, 3.8) is 0 Å². The third-order valence-corrected chi connectivity index (χ3v) is 13.0. The number of tetrazole rings is 2. The summed E-state index contributed by atoms with van der Waals surface area (Å²) in [6.07, 6.45) is 2.65. The van der Waals surface area contributed by atoms with Crippen molar-refractivity contribution in [2.75, 3.05) is 13.2 Å². The topological polar surface area (TPSA) is 262 Å². The molecular weight excluding hydrogens is 997 g/mol. The van der Waals surface area contributed by atoms with E-state index in [9.17, 15) is 19.5 Å². The third-order valence-electron chi connectivity index (χ3n) is 13.0. The number of fused-ring (bicyclic) bond motifs is 2. The predicted molar refractivity (Wildman–Crippen MR) is 286 cm³/mol. The second-order valence-corrected chi connectivity index (χ2v) is 18.2. The molecule has 1 atom stereocenters. The number of H-pyrrole nitrogens is 2. The lowest BCUT2D eigenvalue weighted by atomic mass is 9.98. The highest BCUT2D eigenvalue weighted by Crippen LogP contribution is 2.34. The Morgan fingerprint density at radius 3 is 1.53 bits per heavy atom. The lowest BCUT2D eigenvalue weighted by molar-refractivity contribution is -0.0914. The molecular formula is C57H54N12O9. The summed E-state index contributed by atoms with van der Waals surface area (Å²) in [6.45, 7) is 6.85. The maximum atomic E-state index is 13.4. The van der Waals surface area contributed by atoms with E-state index in [1.54, 1.807) is 30.3 Å². The molecule has 396 valence electrons. The number of hydrogen-bond donors (Lipinski definition) is 3. The first-order valence-corrected chi connectivity index (χ1v) is 25.6. The van der Waals surface area contributed by atoms with Crippen molar-refractivity contribution in [1.29, 1.82) is 0 Å². The molecule has 21 nitrogen and oxygen atoms in total. The van der Waals surface area contributed by atoms with Crippen molar-refractivity contribution in [1.82, 2.24) is 60.4 Å². The molecule has 11 rings (SSSR count). The molecule has 1 aliphatic rings. The summed E-state index contributed by atoms with van der Waals surface area (Å²) in [6, 6.07) is 42.9. The van der Waals surface area contributed by atoms with Crippen molar-refractivity contribution in [3.8, 4) is 57.1 Å². The van der Waals surface area contributed by atoms with Gasteiger partial charge in [0, 0.05) is 18.1 Å². The Morgan fingerprint density at radius 1 is 0.590 bits per heavy atom. The number of carbonyl (C=O) groups is 3. The first-order chi connectivity index (χ1) is 38.1. The van der Waals surface area contributed by atoms with Crippen LogP contribution in [0, 0.1) is 0 Å². The minimum Gasteiger partial charge on any atom is -0.478 e. The summed E-state index contributed by atoms with van der Waals surface area (Å²) >= 11 is 0. The number of aromatic amines is 2. The molecule has 1 fully saturated rings. The number of imidazole rings is 2. The van der Waals surface area contributed by atoms with Gasteiger partial charge in [-0.05, 0) is 108 Å². The van der Waals surface area contributed by atoms with Gasteiger partial charge < -0.3 is 28.8 Å². The fourth-order valence-corrected chi connectivity index (χ4v) is 9.51. The van der Waals surface area contributed by atoms with Gasteiger partial charge in [-0.3, -0.25) is 9.13 Å². The van der Waals surface area contributed by atoms with Gasteiger partial charge in [0.1, 0.15) is 6.10 Å². The molecule has 1 aliphatic carbocycles. The highest BCUT2D eigenvalue weighted by Gasteiger charge is 2.26. The minimum absolute atomic E-state index is 0.163. The number of carbonyl (C=O) groups excluding carboxylic acids is 2. The number of hydrogen-bond acceptors (Lipinski definition) is 16. The number of benzene rings is 6. The summed E-state index contributed by atoms with van der Waals surface area (Å²) in [7, 11) is 0. The first kappa shape index (κ1) is 51.7. The molecule has 4 aromatic heterocycles. The van der Waals surface area contributed by atoms with Crippen LogP contribution in [0.25, 0.3) is 67.1 Å². The van der Waals surface area contributed by atoms with Crippen LogP contribution in [0.2, 0.25) is 0 Å². The van der Waals surface area contributed by atoms with E-state index < -0.39 is 24.4 Å². The lowest BCUT2D eigenvalue weighted by Crippen LogP contribution is -2.26. The van der Waals surface area contributed by atoms with Crippen LogP contribution in [0.1, 0.15) is 84.7 Å². The van der Waals surface area contributed by atoms with E-state index in [1.165, 1.54) is 6.92 Å². The van der Waals surface area contributed by atoms with E-state index in [0.29, 0.717) is 72.0 Å². The molecule has 4 heterocycles. The molecule has 0 spiro atoms. The maximum Gasteiger partial charge on any atom is 0.511 e. The number of rotatable bonds is 17. The molecule has 0 amide bonds. The largest absolute Gasteiger partial charge is 0.511 e. The van der Waals surface area contributed by atoms with Gasteiger partial charge in [0.05, 0.1) is 59.5 Å². The van der Waals surface area contributed by atoms with Crippen molar-refractivity contribution in [3.05, 3.63) is 156 Å². The lowest BCUT2D eigenvalue weighted by Gasteiger charge is -2.22. The van der Waals surface area contributed by atoms with E-state index in [4.69, 9.17) is 23.7 Å². The van der Waals surface area contributed by atoms with Crippen LogP contribution in [0.5, 0.6) is 12.0 Å².